The Morgan fingerprint density at radius 3 is 2.60 bits per heavy atom. The summed E-state index contributed by atoms with van der Waals surface area (Å²) >= 11 is 1.62. The van der Waals surface area contributed by atoms with Crippen LogP contribution in [0.1, 0.15) is 25.8 Å². The molecule has 1 aromatic rings. The average molecular weight is 228 g/mol. The van der Waals surface area contributed by atoms with Crippen molar-refractivity contribution in [3.05, 3.63) is 5.01 Å². The van der Waals surface area contributed by atoms with Gasteiger partial charge in [0, 0.05) is 6.54 Å². The summed E-state index contributed by atoms with van der Waals surface area (Å²) in [7, 11) is 0. The van der Waals surface area contributed by atoms with Gasteiger partial charge in [-0.25, -0.2) is 0 Å². The van der Waals surface area contributed by atoms with E-state index < -0.39 is 0 Å². The van der Waals surface area contributed by atoms with Crippen LogP contribution >= 0.6 is 11.3 Å². The van der Waals surface area contributed by atoms with Crippen LogP contribution < -0.4 is 11.1 Å². The third-order valence-corrected chi connectivity index (χ3v) is 3.56. The first kappa shape index (κ1) is 12.4. The van der Waals surface area contributed by atoms with Gasteiger partial charge in [-0.1, -0.05) is 32.1 Å². The van der Waals surface area contributed by atoms with Crippen LogP contribution in [0.25, 0.3) is 0 Å². The SMILES string of the molecule is CCc1nnc(NCC(CN)C(C)C)s1. The highest BCUT2D eigenvalue weighted by Gasteiger charge is 2.11. The van der Waals surface area contributed by atoms with E-state index in [9.17, 15) is 0 Å². The molecule has 0 radical (unpaired) electrons. The molecule has 15 heavy (non-hydrogen) atoms. The van der Waals surface area contributed by atoms with Crippen molar-refractivity contribution in [2.24, 2.45) is 17.6 Å². The molecule has 0 saturated heterocycles. The van der Waals surface area contributed by atoms with Crippen LogP contribution in [0.5, 0.6) is 0 Å². The first-order valence-corrected chi connectivity index (χ1v) is 6.25. The van der Waals surface area contributed by atoms with Gasteiger partial charge in [-0.05, 0) is 24.8 Å². The predicted molar refractivity (Wildman–Crippen MR) is 65.2 cm³/mol. The highest BCUT2D eigenvalue weighted by Crippen LogP contribution is 2.17. The maximum Gasteiger partial charge on any atom is 0.205 e. The fourth-order valence-corrected chi connectivity index (χ4v) is 1.96. The maximum absolute atomic E-state index is 5.70. The Bertz CT molecular complexity index is 285. The fourth-order valence-electron chi connectivity index (χ4n) is 1.28. The molecule has 3 N–H and O–H groups in total. The second-order valence-electron chi connectivity index (χ2n) is 3.98. The van der Waals surface area contributed by atoms with Crippen molar-refractivity contribution in [3.63, 3.8) is 0 Å². The summed E-state index contributed by atoms with van der Waals surface area (Å²) in [6, 6.07) is 0. The summed E-state index contributed by atoms with van der Waals surface area (Å²) < 4.78 is 0. The molecule has 0 aliphatic rings. The minimum absolute atomic E-state index is 0.499. The molecule has 5 heteroatoms. The Labute approximate surface area is 95.3 Å². The first-order valence-electron chi connectivity index (χ1n) is 5.43. The molecule has 0 amide bonds. The molecule has 0 saturated carbocycles. The van der Waals surface area contributed by atoms with E-state index in [1.807, 2.05) is 0 Å². The van der Waals surface area contributed by atoms with E-state index in [1.165, 1.54) is 0 Å². The van der Waals surface area contributed by atoms with E-state index in [4.69, 9.17) is 5.73 Å². The maximum atomic E-state index is 5.70. The second kappa shape index (κ2) is 6.02. The summed E-state index contributed by atoms with van der Waals surface area (Å²) in [6.45, 7) is 8.06. The molecule has 0 fully saturated rings. The zero-order chi connectivity index (χ0) is 11.3. The number of aryl methyl sites for hydroxylation is 1. The van der Waals surface area contributed by atoms with Gasteiger partial charge in [0.15, 0.2) is 0 Å². The van der Waals surface area contributed by atoms with Gasteiger partial charge in [-0.15, -0.1) is 10.2 Å². The number of aromatic nitrogens is 2. The quantitative estimate of drug-likeness (QED) is 0.778. The minimum Gasteiger partial charge on any atom is -0.360 e. The van der Waals surface area contributed by atoms with Crippen LogP contribution in [-0.2, 0) is 6.42 Å². The lowest BCUT2D eigenvalue weighted by Crippen LogP contribution is -2.27. The van der Waals surface area contributed by atoms with E-state index in [0.717, 1.165) is 23.1 Å². The van der Waals surface area contributed by atoms with Crippen molar-refractivity contribution in [1.29, 1.82) is 0 Å². The summed E-state index contributed by atoms with van der Waals surface area (Å²) in [5.41, 5.74) is 5.70. The summed E-state index contributed by atoms with van der Waals surface area (Å²) in [4.78, 5) is 0. The normalized spacial score (nSPS) is 13.1. The molecule has 1 aromatic heterocycles. The summed E-state index contributed by atoms with van der Waals surface area (Å²) in [6.07, 6.45) is 0.948. The Morgan fingerprint density at radius 1 is 1.40 bits per heavy atom. The fraction of sp³-hybridized carbons (Fsp3) is 0.800. The summed E-state index contributed by atoms with van der Waals surface area (Å²) in [5.74, 6) is 1.10. The van der Waals surface area contributed by atoms with Gasteiger partial charge in [0.1, 0.15) is 5.01 Å². The van der Waals surface area contributed by atoms with Crippen LogP contribution in [-0.4, -0.2) is 23.3 Å². The number of nitrogens with two attached hydrogens (primary N) is 1. The smallest absolute Gasteiger partial charge is 0.205 e. The average Bonchev–Trinajstić information content (AvgIpc) is 2.66. The molecular formula is C10H20N4S. The lowest BCUT2D eigenvalue weighted by atomic mass is 9.96. The van der Waals surface area contributed by atoms with E-state index in [1.54, 1.807) is 11.3 Å². The van der Waals surface area contributed by atoms with E-state index in [0.29, 0.717) is 18.4 Å². The first-order chi connectivity index (χ1) is 7.17. The van der Waals surface area contributed by atoms with Gasteiger partial charge in [-0.3, -0.25) is 0 Å². The Kier molecular flexibility index (Phi) is 4.98. The number of hydrogen-bond donors (Lipinski definition) is 2. The molecule has 1 heterocycles. The van der Waals surface area contributed by atoms with E-state index >= 15 is 0 Å². The number of hydrogen-bond acceptors (Lipinski definition) is 5. The molecular weight excluding hydrogens is 208 g/mol. The standard InChI is InChI=1S/C10H20N4S/c1-4-9-13-14-10(15-9)12-6-8(5-11)7(2)3/h7-8H,4-6,11H2,1-3H3,(H,12,14). The van der Waals surface area contributed by atoms with Gasteiger partial charge in [0.05, 0.1) is 0 Å². The Balaban J connectivity index is 2.41. The van der Waals surface area contributed by atoms with Crippen LogP contribution in [0.4, 0.5) is 5.13 Å². The zero-order valence-electron chi connectivity index (χ0n) is 9.66. The number of anilines is 1. The highest BCUT2D eigenvalue weighted by molar-refractivity contribution is 7.15. The van der Waals surface area contributed by atoms with Crippen molar-refractivity contribution in [1.82, 2.24) is 10.2 Å². The van der Waals surface area contributed by atoms with Gasteiger partial charge in [-0.2, -0.15) is 0 Å². The molecule has 86 valence electrons. The topological polar surface area (TPSA) is 63.8 Å². The number of rotatable bonds is 6. The Hall–Kier alpha value is -0.680. The molecule has 0 spiro atoms. The molecule has 1 rings (SSSR count). The van der Waals surface area contributed by atoms with Crippen molar-refractivity contribution in [2.45, 2.75) is 27.2 Å². The number of nitrogens with zero attached hydrogens (tertiary/aromatic N) is 2. The molecule has 1 atom stereocenters. The molecule has 0 aromatic carbocycles. The van der Waals surface area contributed by atoms with Crippen molar-refractivity contribution in [3.8, 4) is 0 Å². The second-order valence-corrected chi connectivity index (χ2v) is 5.04. The van der Waals surface area contributed by atoms with Gasteiger partial charge < -0.3 is 11.1 Å². The third kappa shape index (κ3) is 3.76. The zero-order valence-corrected chi connectivity index (χ0v) is 10.5. The van der Waals surface area contributed by atoms with Crippen molar-refractivity contribution in [2.75, 3.05) is 18.4 Å². The lowest BCUT2D eigenvalue weighted by Gasteiger charge is -2.18. The van der Waals surface area contributed by atoms with Crippen LogP contribution in [0.3, 0.4) is 0 Å². The molecule has 0 aliphatic carbocycles. The van der Waals surface area contributed by atoms with Crippen molar-refractivity contribution < 1.29 is 0 Å². The third-order valence-electron chi connectivity index (χ3n) is 2.53. The van der Waals surface area contributed by atoms with Crippen LogP contribution in [0.2, 0.25) is 0 Å². The molecule has 0 aliphatic heterocycles. The van der Waals surface area contributed by atoms with Gasteiger partial charge in [0.25, 0.3) is 0 Å². The molecule has 4 nitrogen and oxygen atoms in total. The molecule has 0 bridgehead atoms. The van der Waals surface area contributed by atoms with E-state index in [-0.39, 0.29) is 0 Å². The Morgan fingerprint density at radius 2 is 2.13 bits per heavy atom. The van der Waals surface area contributed by atoms with Crippen LogP contribution in [0.15, 0.2) is 0 Å². The van der Waals surface area contributed by atoms with Crippen molar-refractivity contribution >= 4 is 16.5 Å². The lowest BCUT2D eigenvalue weighted by molar-refractivity contribution is 0.413. The van der Waals surface area contributed by atoms with Gasteiger partial charge >= 0.3 is 0 Å². The number of nitrogens with one attached hydrogen (secondary N) is 1. The monoisotopic (exact) mass is 228 g/mol. The van der Waals surface area contributed by atoms with E-state index in [2.05, 4.69) is 36.3 Å². The van der Waals surface area contributed by atoms with Gasteiger partial charge in [0.2, 0.25) is 5.13 Å². The molecule has 1 unspecified atom stereocenters. The minimum atomic E-state index is 0.499. The largest absolute Gasteiger partial charge is 0.360 e. The van der Waals surface area contributed by atoms with Crippen LogP contribution in [0, 0.1) is 11.8 Å². The summed E-state index contributed by atoms with van der Waals surface area (Å²) in [5, 5.41) is 13.4. The highest BCUT2D eigenvalue weighted by atomic mass is 32.1. The predicted octanol–water partition coefficient (Wildman–Crippen LogP) is 1.74.